The van der Waals surface area contributed by atoms with Gasteiger partial charge in [-0.15, -0.1) is 0 Å². The summed E-state index contributed by atoms with van der Waals surface area (Å²) < 4.78 is 13.2. The molecule has 0 atom stereocenters. The molecular formula is C10H15FN2. The van der Waals surface area contributed by atoms with E-state index in [4.69, 9.17) is 5.73 Å². The number of nitrogen functional groups attached to an aromatic ring is 1. The Labute approximate surface area is 77.9 Å². The lowest BCUT2D eigenvalue weighted by atomic mass is 10.2. The van der Waals surface area contributed by atoms with Crippen LogP contribution in [0.15, 0.2) is 18.2 Å². The van der Waals surface area contributed by atoms with Crippen LogP contribution in [0.1, 0.15) is 19.4 Å². The molecule has 0 heterocycles. The van der Waals surface area contributed by atoms with Crippen LogP contribution in [0.4, 0.5) is 10.1 Å². The Kier molecular flexibility index (Phi) is 3.25. The van der Waals surface area contributed by atoms with Gasteiger partial charge in [-0.1, -0.05) is 19.9 Å². The summed E-state index contributed by atoms with van der Waals surface area (Å²) in [5.41, 5.74) is 6.54. The molecule has 0 aliphatic carbocycles. The molecule has 0 saturated heterocycles. The third-order valence-corrected chi connectivity index (χ3v) is 1.78. The summed E-state index contributed by atoms with van der Waals surface area (Å²) in [6, 6.07) is 5.12. The fraction of sp³-hybridized carbons (Fsp3) is 0.400. The first-order valence-electron chi connectivity index (χ1n) is 4.37. The zero-order valence-electron chi connectivity index (χ0n) is 7.97. The van der Waals surface area contributed by atoms with Crippen LogP contribution in [0, 0.1) is 5.82 Å². The molecule has 0 saturated carbocycles. The summed E-state index contributed by atoms with van der Waals surface area (Å²) in [5.74, 6) is -0.242. The monoisotopic (exact) mass is 182 g/mol. The molecule has 0 aliphatic rings. The second kappa shape index (κ2) is 4.23. The average molecular weight is 182 g/mol. The number of anilines is 1. The molecule has 0 radical (unpaired) electrons. The van der Waals surface area contributed by atoms with Crippen LogP contribution >= 0.6 is 0 Å². The van der Waals surface area contributed by atoms with E-state index in [1.54, 1.807) is 12.1 Å². The zero-order chi connectivity index (χ0) is 9.84. The Morgan fingerprint density at radius 3 is 2.69 bits per heavy atom. The van der Waals surface area contributed by atoms with Crippen molar-refractivity contribution >= 4 is 5.69 Å². The van der Waals surface area contributed by atoms with E-state index in [2.05, 4.69) is 5.32 Å². The molecule has 2 nitrogen and oxygen atoms in total. The van der Waals surface area contributed by atoms with E-state index in [-0.39, 0.29) is 5.82 Å². The molecule has 1 aromatic carbocycles. The molecule has 72 valence electrons. The third-order valence-electron chi connectivity index (χ3n) is 1.78. The minimum absolute atomic E-state index is 0.242. The van der Waals surface area contributed by atoms with Crippen molar-refractivity contribution in [3.63, 3.8) is 0 Å². The number of benzene rings is 1. The first kappa shape index (κ1) is 9.99. The van der Waals surface area contributed by atoms with Crippen molar-refractivity contribution in [1.29, 1.82) is 0 Å². The predicted octanol–water partition coefficient (Wildman–Crippen LogP) is 1.91. The maximum absolute atomic E-state index is 13.2. The van der Waals surface area contributed by atoms with E-state index in [0.717, 1.165) is 0 Å². The highest BCUT2D eigenvalue weighted by Crippen LogP contribution is 2.11. The van der Waals surface area contributed by atoms with Gasteiger partial charge in [-0.05, 0) is 12.1 Å². The first-order chi connectivity index (χ1) is 6.09. The van der Waals surface area contributed by atoms with Crippen LogP contribution in [-0.2, 0) is 6.54 Å². The van der Waals surface area contributed by atoms with Crippen LogP contribution in [0.3, 0.4) is 0 Å². The van der Waals surface area contributed by atoms with Crippen molar-refractivity contribution in [2.75, 3.05) is 5.73 Å². The quantitative estimate of drug-likeness (QED) is 0.701. The molecule has 0 bridgehead atoms. The summed E-state index contributed by atoms with van der Waals surface area (Å²) >= 11 is 0. The van der Waals surface area contributed by atoms with E-state index in [1.165, 1.54) is 6.07 Å². The minimum Gasteiger partial charge on any atom is -0.399 e. The maximum atomic E-state index is 13.2. The van der Waals surface area contributed by atoms with Gasteiger partial charge in [-0.3, -0.25) is 0 Å². The highest BCUT2D eigenvalue weighted by atomic mass is 19.1. The molecule has 3 N–H and O–H groups in total. The Morgan fingerprint density at radius 2 is 2.15 bits per heavy atom. The van der Waals surface area contributed by atoms with Gasteiger partial charge in [-0.25, -0.2) is 4.39 Å². The molecule has 0 amide bonds. The van der Waals surface area contributed by atoms with E-state index in [1.807, 2.05) is 13.8 Å². The first-order valence-corrected chi connectivity index (χ1v) is 4.37. The lowest BCUT2D eigenvalue weighted by Gasteiger charge is -2.08. The Morgan fingerprint density at radius 1 is 1.46 bits per heavy atom. The zero-order valence-corrected chi connectivity index (χ0v) is 7.97. The predicted molar refractivity (Wildman–Crippen MR) is 52.8 cm³/mol. The lowest BCUT2D eigenvalue weighted by Crippen LogP contribution is -2.22. The number of hydrogen-bond donors (Lipinski definition) is 2. The number of nitrogens with one attached hydrogen (secondary N) is 1. The number of hydrogen-bond acceptors (Lipinski definition) is 2. The van der Waals surface area contributed by atoms with Gasteiger partial charge in [0.2, 0.25) is 0 Å². The van der Waals surface area contributed by atoms with Gasteiger partial charge in [0.25, 0.3) is 0 Å². The fourth-order valence-electron chi connectivity index (χ4n) is 1.02. The molecule has 0 aromatic heterocycles. The average Bonchev–Trinajstić information content (AvgIpc) is 2.02. The summed E-state index contributed by atoms with van der Waals surface area (Å²) in [6.45, 7) is 4.59. The smallest absolute Gasteiger partial charge is 0.129 e. The van der Waals surface area contributed by atoms with Crippen molar-refractivity contribution in [1.82, 2.24) is 5.32 Å². The van der Waals surface area contributed by atoms with E-state index in [9.17, 15) is 4.39 Å². The second-order valence-electron chi connectivity index (χ2n) is 3.39. The lowest BCUT2D eigenvalue weighted by molar-refractivity contribution is 0.553. The molecule has 1 rings (SSSR count). The number of rotatable bonds is 3. The van der Waals surface area contributed by atoms with Gasteiger partial charge < -0.3 is 11.1 Å². The highest BCUT2D eigenvalue weighted by molar-refractivity contribution is 5.40. The molecule has 0 fully saturated rings. The summed E-state index contributed by atoms with van der Waals surface area (Å²) in [6.07, 6.45) is 0. The molecule has 3 heteroatoms. The Hall–Kier alpha value is -1.09. The number of halogens is 1. The molecule has 13 heavy (non-hydrogen) atoms. The maximum Gasteiger partial charge on any atom is 0.129 e. The van der Waals surface area contributed by atoms with Crippen LogP contribution in [0.5, 0.6) is 0 Å². The van der Waals surface area contributed by atoms with Gasteiger partial charge >= 0.3 is 0 Å². The largest absolute Gasteiger partial charge is 0.399 e. The van der Waals surface area contributed by atoms with Gasteiger partial charge in [0.05, 0.1) is 0 Å². The molecule has 0 unspecified atom stereocenters. The van der Waals surface area contributed by atoms with E-state index >= 15 is 0 Å². The van der Waals surface area contributed by atoms with E-state index < -0.39 is 0 Å². The van der Waals surface area contributed by atoms with Crippen molar-refractivity contribution in [3.8, 4) is 0 Å². The van der Waals surface area contributed by atoms with Crippen molar-refractivity contribution in [2.24, 2.45) is 0 Å². The van der Waals surface area contributed by atoms with Gasteiger partial charge in [-0.2, -0.15) is 0 Å². The van der Waals surface area contributed by atoms with Crippen LogP contribution in [-0.4, -0.2) is 6.04 Å². The molecule has 0 aliphatic heterocycles. The van der Waals surface area contributed by atoms with Crippen molar-refractivity contribution in [3.05, 3.63) is 29.6 Å². The normalized spacial score (nSPS) is 10.8. The topological polar surface area (TPSA) is 38.0 Å². The molecule has 1 aromatic rings. The van der Waals surface area contributed by atoms with Gasteiger partial charge in [0.15, 0.2) is 0 Å². The van der Waals surface area contributed by atoms with Crippen LogP contribution in [0.25, 0.3) is 0 Å². The summed E-state index contributed by atoms with van der Waals surface area (Å²) in [4.78, 5) is 0. The Balaban J connectivity index is 2.67. The van der Waals surface area contributed by atoms with Gasteiger partial charge in [0, 0.05) is 23.8 Å². The second-order valence-corrected chi connectivity index (χ2v) is 3.39. The summed E-state index contributed by atoms with van der Waals surface area (Å²) in [7, 11) is 0. The van der Waals surface area contributed by atoms with Crippen LogP contribution in [0.2, 0.25) is 0 Å². The number of nitrogens with two attached hydrogens (primary N) is 1. The standard InChI is InChI=1S/C10H15FN2/c1-7(2)13-6-8-3-4-9(12)5-10(8)11/h3-5,7,13H,6,12H2,1-2H3. The minimum atomic E-state index is -0.242. The third kappa shape index (κ3) is 3.03. The van der Waals surface area contributed by atoms with Gasteiger partial charge in [0.1, 0.15) is 5.82 Å². The van der Waals surface area contributed by atoms with E-state index in [0.29, 0.717) is 23.8 Å². The molecule has 0 spiro atoms. The van der Waals surface area contributed by atoms with Crippen LogP contribution < -0.4 is 11.1 Å². The fourth-order valence-corrected chi connectivity index (χ4v) is 1.02. The summed E-state index contributed by atoms with van der Waals surface area (Å²) in [5, 5.41) is 3.14. The molecular weight excluding hydrogens is 167 g/mol. The SMILES string of the molecule is CC(C)NCc1ccc(N)cc1F. The highest BCUT2D eigenvalue weighted by Gasteiger charge is 2.02. The van der Waals surface area contributed by atoms with Crippen molar-refractivity contribution in [2.45, 2.75) is 26.4 Å². The Bertz CT molecular complexity index is 284. The van der Waals surface area contributed by atoms with Crippen molar-refractivity contribution < 1.29 is 4.39 Å².